The Bertz CT molecular complexity index is 1120. The average Bonchev–Trinajstić information content (AvgIpc) is 3.18. The Morgan fingerprint density at radius 1 is 1.03 bits per heavy atom. The lowest BCUT2D eigenvalue weighted by molar-refractivity contribution is 0.194. The van der Waals surface area contributed by atoms with Crippen molar-refractivity contribution in [3.05, 3.63) is 84.3 Å². The van der Waals surface area contributed by atoms with Crippen LogP contribution in [0.15, 0.2) is 67.0 Å². The van der Waals surface area contributed by atoms with E-state index in [9.17, 15) is 4.39 Å². The Kier molecular flexibility index (Phi) is 4.77. The number of aromatic nitrogens is 4. The van der Waals surface area contributed by atoms with Gasteiger partial charge in [0, 0.05) is 37.0 Å². The van der Waals surface area contributed by atoms with Crippen LogP contribution >= 0.6 is 0 Å². The van der Waals surface area contributed by atoms with E-state index in [4.69, 9.17) is 10.1 Å². The summed E-state index contributed by atoms with van der Waals surface area (Å²) in [7, 11) is 0. The summed E-state index contributed by atoms with van der Waals surface area (Å²) in [6, 6.07) is 16.6. The molecule has 1 atom stereocenters. The van der Waals surface area contributed by atoms with E-state index in [0.717, 1.165) is 60.8 Å². The summed E-state index contributed by atoms with van der Waals surface area (Å²) in [5.74, 6) is 0.953. The highest BCUT2D eigenvalue weighted by Crippen LogP contribution is 2.27. The molecule has 0 saturated carbocycles. The van der Waals surface area contributed by atoms with Crippen molar-refractivity contribution < 1.29 is 4.39 Å². The second kappa shape index (κ2) is 7.72. The van der Waals surface area contributed by atoms with E-state index < -0.39 is 0 Å². The minimum atomic E-state index is -0.239. The summed E-state index contributed by atoms with van der Waals surface area (Å²) < 4.78 is 15.4. The molecule has 1 aliphatic heterocycles. The third-order valence-corrected chi connectivity index (χ3v) is 5.49. The van der Waals surface area contributed by atoms with Gasteiger partial charge in [0.1, 0.15) is 5.82 Å². The van der Waals surface area contributed by atoms with Crippen molar-refractivity contribution in [3.63, 3.8) is 0 Å². The number of benzene rings is 1. The first-order chi connectivity index (χ1) is 14.2. The molecule has 1 fully saturated rings. The van der Waals surface area contributed by atoms with Crippen molar-refractivity contribution in [2.45, 2.75) is 25.3 Å². The molecule has 1 unspecified atom stereocenters. The van der Waals surface area contributed by atoms with Crippen LogP contribution in [0, 0.1) is 5.82 Å². The molecule has 4 aromatic rings. The first-order valence-corrected chi connectivity index (χ1v) is 9.99. The number of hydrogen-bond acceptors (Lipinski definition) is 4. The van der Waals surface area contributed by atoms with E-state index in [1.54, 1.807) is 6.07 Å². The van der Waals surface area contributed by atoms with Gasteiger partial charge in [-0.2, -0.15) is 5.10 Å². The molecule has 5 nitrogen and oxygen atoms in total. The van der Waals surface area contributed by atoms with Crippen LogP contribution in [0.25, 0.3) is 16.8 Å². The summed E-state index contributed by atoms with van der Waals surface area (Å²) >= 11 is 0. The largest absolute Gasteiger partial charge is 0.297 e. The summed E-state index contributed by atoms with van der Waals surface area (Å²) in [6.45, 7) is 2.86. The first kappa shape index (κ1) is 17.9. The van der Waals surface area contributed by atoms with Gasteiger partial charge in [-0.3, -0.25) is 9.88 Å². The lowest BCUT2D eigenvalue weighted by atomic mass is 9.97. The molecule has 0 aliphatic carbocycles. The monoisotopic (exact) mass is 387 g/mol. The molecule has 0 radical (unpaired) electrons. The molecule has 146 valence electrons. The van der Waals surface area contributed by atoms with E-state index in [1.165, 1.54) is 12.1 Å². The molecular weight excluding hydrogens is 365 g/mol. The van der Waals surface area contributed by atoms with Crippen LogP contribution in [0.3, 0.4) is 0 Å². The van der Waals surface area contributed by atoms with Gasteiger partial charge in [0.15, 0.2) is 11.5 Å². The molecule has 0 N–H and O–H groups in total. The summed E-state index contributed by atoms with van der Waals surface area (Å²) in [4.78, 5) is 11.6. The lowest BCUT2D eigenvalue weighted by Gasteiger charge is -2.31. The second-order valence-corrected chi connectivity index (χ2v) is 7.60. The highest BCUT2D eigenvalue weighted by Gasteiger charge is 2.25. The maximum absolute atomic E-state index is 13.6. The number of piperidine rings is 1. The lowest BCUT2D eigenvalue weighted by Crippen LogP contribution is -2.34. The number of halogens is 1. The fraction of sp³-hybridized carbons (Fsp3) is 0.261. The molecule has 3 aromatic heterocycles. The predicted octanol–water partition coefficient (Wildman–Crippen LogP) is 4.31. The van der Waals surface area contributed by atoms with E-state index in [-0.39, 0.29) is 5.82 Å². The summed E-state index contributed by atoms with van der Waals surface area (Å²) in [6.07, 6.45) is 5.99. The van der Waals surface area contributed by atoms with Gasteiger partial charge in [0.2, 0.25) is 0 Å². The van der Waals surface area contributed by atoms with Gasteiger partial charge in [-0.1, -0.05) is 18.2 Å². The van der Waals surface area contributed by atoms with Crippen LogP contribution in [0.4, 0.5) is 4.39 Å². The third kappa shape index (κ3) is 3.89. The van der Waals surface area contributed by atoms with Gasteiger partial charge < -0.3 is 0 Å². The maximum Gasteiger partial charge on any atom is 0.156 e. The minimum absolute atomic E-state index is 0.239. The fourth-order valence-electron chi connectivity index (χ4n) is 4.04. The van der Waals surface area contributed by atoms with Crippen LogP contribution in [0.2, 0.25) is 0 Å². The van der Waals surface area contributed by atoms with Gasteiger partial charge in [-0.15, -0.1) is 0 Å². The quantitative estimate of drug-likeness (QED) is 0.524. The Balaban J connectivity index is 1.37. The second-order valence-electron chi connectivity index (χ2n) is 7.60. The van der Waals surface area contributed by atoms with E-state index in [2.05, 4.69) is 16.0 Å². The maximum atomic E-state index is 13.6. The van der Waals surface area contributed by atoms with Crippen LogP contribution in [0.5, 0.6) is 0 Å². The number of pyridine rings is 2. The molecule has 1 saturated heterocycles. The molecular formula is C23H22FN5. The molecule has 29 heavy (non-hydrogen) atoms. The van der Waals surface area contributed by atoms with Crippen molar-refractivity contribution in [3.8, 4) is 11.1 Å². The zero-order valence-corrected chi connectivity index (χ0v) is 16.1. The van der Waals surface area contributed by atoms with Crippen molar-refractivity contribution in [1.82, 2.24) is 24.5 Å². The van der Waals surface area contributed by atoms with Crippen molar-refractivity contribution >= 4 is 5.65 Å². The average molecular weight is 387 g/mol. The van der Waals surface area contributed by atoms with Gasteiger partial charge in [-0.05, 0) is 61.3 Å². The summed E-state index contributed by atoms with van der Waals surface area (Å²) in [5.41, 5.74) is 3.68. The molecule has 6 heteroatoms. The summed E-state index contributed by atoms with van der Waals surface area (Å²) in [5, 5.41) is 4.76. The Labute approximate surface area is 168 Å². The Hall–Kier alpha value is -3.12. The van der Waals surface area contributed by atoms with Crippen LogP contribution in [-0.2, 0) is 6.54 Å². The van der Waals surface area contributed by atoms with Gasteiger partial charge in [-0.25, -0.2) is 13.9 Å². The molecule has 0 spiro atoms. The molecule has 0 bridgehead atoms. The van der Waals surface area contributed by atoms with Crippen molar-refractivity contribution in [2.24, 2.45) is 0 Å². The number of hydrogen-bond donors (Lipinski definition) is 0. The minimum Gasteiger partial charge on any atom is -0.297 e. The number of rotatable bonds is 4. The Morgan fingerprint density at radius 2 is 2.00 bits per heavy atom. The predicted molar refractivity (Wildman–Crippen MR) is 110 cm³/mol. The highest BCUT2D eigenvalue weighted by molar-refractivity contribution is 5.64. The topological polar surface area (TPSA) is 46.3 Å². The number of likely N-dealkylation sites (tertiary alicyclic amines) is 1. The molecule has 4 heterocycles. The first-order valence-electron chi connectivity index (χ1n) is 9.99. The van der Waals surface area contributed by atoms with Gasteiger partial charge >= 0.3 is 0 Å². The zero-order valence-electron chi connectivity index (χ0n) is 16.1. The molecule has 1 aromatic carbocycles. The van der Waals surface area contributed by atoms with Crippen molar-refractivity contribution in [2.75, 3.05) is 13.1 Å². The third-order valence-electron chi connectivity index (χ3n) is 5.49. The fourth-order valence-corrected chi connectivity index (χ4v) is 4.04. The van der Waals surface area contributed by atoms with Crippen LogP contribution < -0.4 is 0 Å². The standard InChI is InChI=1S/C23H22FN5/c24-20-7-3-5-17(13-20)18-9-10-22-26-23(27-29(22)15-18)19-6-4-12-28(14-19)16-21-8-1-2-11-25-21/h1-3,5,7-11,13,15,19H,4,6,12,14,16H2. The zero-order chi connectivity index (χ0) is 19.6. The Morgan fingerprint density at radius 3 is 2.86 bits per heavy atom. The normalized spacial score (nSPS) is 17.6. The van der Waals surface area contributed by atoms with Gasteiger partial charge in [0.05, 0.1) is 5.69 Å². The SMILES string of the molecule is Fc1cccc(-c2ccc3nc(C4CCCN(Cc5ccccn5)C4)nn3c2)c1. The van der Waals surface area contributed by atoms with E-state index in [0.29, 0.717) is 5.92 Å². The van der Waals surface area contributed by atoms with Crippen LogP contribution in [0.1, 0.15) is 30.3 Å². The molecule has 1 aliphatic rings. The van der Waals surface area contributed by atoms with E-state index in [1.807, 2.05) is 47.2 Å². The highest BCUT2D eigenvalue weighted by atomic mass is 19.1. The molecule has 0 amide bonds. The van der Waals surface area contributed by atoms with Crippen molar-refractivity contribution in [1.29, 1.82) is 0 Å². The number of fused-ring (bicyclic) bond motifs is 1. The smallest absolute Gasteiger partial charge is 0.156 e. The van der Waals surface area contributed by atoms with Crippen LogP contribution in [-0.4, -0.2) is 37.6 Å². The van der Waals surface area contributed by atoms with E-state index >= 15 is 0 Å². The molecule has 5 rings (SSSR count). The number of nitrogens with zero attached hydrogens (tertiary/aromatic N) is 5. The van der Waals surface area contributed by atoms with Gasteiger partial charge in [0.25, 0.3) is 0 Å².